The number of rotatable bonds is 2. The summed E-state index contributed by atoms with van der Waals surface area (Å²) in [6, 6.07) is 19.2. The second-order valence-electron chi connectivity index (χ2n) is 4.49. The fourth-order valence-electron chi connectivity index (χ4n) is 2.31. The predicted octanol–water partition coefficient (Wildman–Crippen LogP) is 3.43. The highest BCUT2D eigenvalue weighted by molar-refractivity contribution is 5.89. The van der Waals surface area contributed by atoms with Crippen LogP contribution in [0, 0.1) is 0 Å². The van der Waals surface area contributed by atoms with Gasteiger partial charge in [-0.2, -0.15) is 0 Å². The summed E-state index contributed by atoms with van der Waals surface area (Å²) in [6.45, 7) is 0.846. The number of hydrogen-bond acceptors (Lipinski definition) is 1. The topological polar surface area (TPSA) is 12.4 Å². The third-order valence-corrected chi connectivity index (χ3v) is 3.24. The van der Waals surface area contributed by atoms with Crippen molar-refractivity contribution in [3.05, 3.63) is 71.3 Å². The number of benzene rings is 2. The molecule has 0 bridgehead atoms. The van der Waals surface area contributed by atoms with Crippen LogP contribution in [0.5, 0.6) is 0 Å². The molecule has 0 unspecified atom stereocenters. The van der Waals surface area contributed by atoms with E-state index in [0.29, 0.717) is 0 Å². The van der Waals surface area contributed by atoms with Crippen LogP contribution < -0.4 is 0 Å². The van der Waals surface area contributed by atoms with Crippen LogP contribution in [0.15, 0.2) is 59.6 Å². The Balaban J connectivity index is 1.78. The van der Waals surface area contributed by atoms with E-state index >= 15 is 0 Å². The normalized spacial score (nSPS) is 14.0. The van der Waals surface area contributed by atoms with Gasteiger partial charge in [0.25, 0.3) is 0 Å². The Morgan fingerprint density at radius 3 is 2.35 bits per heavy atom. The van der Waals surface area contributed by atoms with E-state index in [2.05, 4.69) is 59.6 Å². The third-order valence-electron chi connectivity index (χ3n) is 3.24. The number of fused-ring (bicyclic) bond motifs is 1. The van der Waals surface area contributed by atoms with E-state index in [9.17, 15) is 0 Å². The summed E-state index contributed by atoms with van der Waals surface area (Å²) in [5, 5.41) is 0. The molecule has 1 aliphatic heterocycles. The molecule has 1 nitrogen and oxygen atoms in total. The van der Waals surface area contributed by atoms with E-state index < -0.39 is 0 Å². The van der Waals surface area contributed by atoms with E-state index in [1.807, 2.05) is 0 Å². The third kappa shape index (κ3) is 2.28. The van der Waals surface area contributed by atoms with Gasteiger partial charge in [0.15, 0.2) is 0 Å². The van der Waals surface area contributed by atoms with Crippen molar-refractivity contribution in [2.24, 2.45) is 4.99 Å². The maximum Gasteiger partial charge on any atom is 0.0642 e. The second-order valence-corrected chi connectivity index (χ2v) is 4.49. The predicted molar refractivity (Wildman–Crippen MR) is 71.4 cm³/mol. The molecule has 1 aliphatic rings. The van der Waals surface area contributed by atoms with Crippen molar-refractivity contribution < 1.29 is 0 Å². The van der Waals surface area contributed by atoms with E-state index in [0.717, 1.165) is 19.4 Å². The fraction of sp³-hybridized carbons (Fsp3) is 0.188. The molecule has 0 spiro atoms. The number of nitrogens with zero attached hydrogens (tertiary/aromatic N) is 1. The van der Waals surface area contributed by atoms with Crippen molar-refractivity contribution >= 4 is 5.71 Å². The van der Waals surface area contributed by atoms with E-state index in [1.165, 1.54) is 22.4 Å². The van der Waals surface area contributed by atoms with Gasteiger partial charge in [-0.25, -0.2) is 0 Å². The lowest BCUT2D eigenvalue weighted by atomic mass is 9.95. The molecule has 0 saturated heterocycles. The summed E-state index contributed by atoms with van der Waals surface area (Å²) in [4.78, 5) is 4.68. The van der Waals surface area contributed by atoms with Crippen molar-refractivity contribution in [1.29, 1.82) is 0 Å². The molecule has 2 aromatic rings. The Labute approximate surface area is 102 Å². The highest BCUT2D eigenvalue weighted by Crippen LogP contribution is 2.18. The van der Waals surface area contributed by atoms with Crippen LogP contribution in [0.3, 0.4) is 0 Å². The molecule has 0 atom stereocenters. The average molecular weight is 221 g/mol. The molecule has 0 aromatic heterocycles. The first-order valence-corrected chi connectivity index (χ1v) is 6.05. The molecule has 0 radical (unpaired) electrons. The first-order chi connectivity index (χ1) is 8.42. The first kappa shape index (κ1) is 10.3. The zero-order valence-electron chi connectivity index (χ0n) is 9.76. The van der Waals surface area contributed by atoms with Gasteiger partial charge in [-0.1, -0.05) is 54.6 Å². The van der Waals surface area contributed by atoms with Gasteiger partial charge in [0.2, 0.25) is 0 Å². The Hall–Kier alpha value is -1.89. The van der Waals surface area contributed by atoms with Crippen LogP contribution in [0.4, 0.5) is 0 Å². The van der Waals surface area contributed by atoms with Crippen LogP contribution in [0.25, 0.3) is 0 Å². The zero-order valence-corrected chi connectivity index (χ0v) is 9.76. The summed E-state index contributed by atoms with van der Waals surface area (Å²) >= 11 is 0. The van der Waals surface area contributed by atoms with Gasteiger partial charge >= 0.3 is 0 Å². The van der Waals surface area contributed by atoms with Crippen molar-refractivity contribution in [3.63, 3.8) is 0 Å². The van der Waals surface area contributed by atoms with E-state index in [4.69, 9.17) is 0 Å². The Bertz CT molecular complexity index is 540. The Morgan fingerprint density at radius 2 is 1.53 bits per heavy atom. The molecule has 0 amide bonds. The summed E-state index contributed by atoms with van der Waals surface area (Å²) < 4.78 is 0. The van der Waals surface area contributed by atoms with Gasteiger partial charge in [0.1, 0.15) is 0 Å². The van der Waals surface area contributed by atoms with Crippen LogP contribution in [0.2, 0.25) is 0 Å². The molecular formula is C16H15N. The SMILES string of the molecule is c1ccc(CC2=NCc3ccccc3C2)cc1. The van der Waals surface area contributed by atoms with Gasteiger partial charge in [-0.05, 0) is 16.7 Å². The minimum atomic E-state index is 0.846. The Kier molecular flexibility index (Phi) is 2.74. The molecular weight excluding hydrogens is 206 g/mol. The van der Waals surface area contributed by atoms with Crippen LogP contribution in [0.1, 0.15) is 16.7 Å². The van der Waals surface area contributed by atoms with E-state index in [-0.39, 0.29) is 0 Å². The lowest BCUT2D eigenvalue weighted by Crippen LogP contribution is -2.13. The molecule has 84 valence electrons. The quantitative estimate of drug-likeness (QED) is 0.736. The van der Waals surface area contributed by atoms with Crippen LogP contribution in [-0.2, 0) is 19.4 Å². The van der Waals surface area contributed by atoms with Crippen molar-refractivity contribution in [3.8, 4) is 0 Å². The van der Waals surface area contributed by atoms with Gasteiger partial charge in [0.05, 0.1) is 6.54 Å². The van der Waals surface area contributed by atoms with Gasteiger partial charge in [-0.3, -0.25) is 4.99 Å². The zero-order chi connectivity index (χ0) is 11.5. The maximum absolute atomic E-state index is 4.68. The van der Waals surface area contributed by atoms with Crippen molar-refractivity contribution in [2.45, 2.75) is 19.4 Å². The highest BCUT2D eigenvalue weighted by atomic mass is 14.7. The van der Waals surface area contributed by atoms with Gasteiger partial charge < -0.3 is 0 Å². The number of aliphatic imine (C=N–C) groups is 1. The molecule has 2 aromatic carbocycles. The average Bonchev–Trinajstić information content (AvgIpc) is 2.40. The molecule has 1 heteroatoms. The molecule has 3 rings (SSSR count). The standard InChI is InChI=1S/C16H15N/c1-2-6-13(7-3-1)10-16-11-14-8-4-5-9-15(14)12-17-16/h1-9H,10-12H2. The molecule has 0 fully saturated rings. The smallest absolute Gasteiger partial charge is 0.0642 e. The lowest BCUT2D eigenvalue weighted by Gasteiger charge is -2.16. The van der Waals surface area contributed by atoms with Gasteiger partial charge in [-0.15, -0.1) is 0 Å². The molecule has 1 heterocycles. The molecule has 0 saturated carbocycles. The first-order valence-electron chi connectivity index (χ1n) is 6.05. The fourth-order valence-corrected chi connectivity index (χ4v) is 2.31. The van der Waals surface area contributed by atoms with E-state index in [1.54, 1.807) is 0 Å². The summed E-state index contributed by atoms with van der Waals surface area (Å²) in [5.41, 5.74) is 5.47. The number of hydrogen-bond donors (Lipinski definition) is 0. The summed E-state index contributed by atoms with van der Waals surface area (Å²) in [7, 11) is 0. The minimum Gasteiger partial charge on any atom is -0.289 e. The summed E-state index contributed by atoms with van der Waals surface area (Å²) in [5.74, 6) is 0. The minimum absolute atomic E-state index is 0.846. The Morgan fingerprint density at radius 1 is 0.824 bits per heavy atom. The molecule has 0 aliphatic carbocycles. The largest absolute Gasteiger partial charge is 0.289 e. The van der Waals surface area contributed by atoms with Crippen LogP contribution in [-0.4, -0.2) is 5.71 Å². The van der Waals surface area contributed by atoms with Gasteiger partial charge in [0, 0.05) is 18.6 Å². The lowest BCUT2D eigenvalue weighted by molar-refractivity contribution is 0.967. The highest BCUT2D eigenvalue weighted by Gasteiger charge is 2.11. The van der Waals surface area contributed by atoms with Crippen molar-refractivity contribution in [2.75, 3.05) is 0 Å². The monoisotopic (exact) mass is 221 g/mol. The molecule has 0 N–H and O–H groups in total. The van der Waals surface area contributed by atoms with Crippen molar-refractivity contribution in [1.82, 2.24) is 0 Å². The second kappa shape index (κ2) is 4.54. The maximum atomic E-state index is 4.68. The van der Waals surface area contributed by atoms with Crippen LogP contribution >= 0.6 is 0 Å². The molecule has 17 heavy (non-hydrogen) atoms. The summed E-state index contributed by atoms with van der Waals surface area (Å²) in [6.07, 6.45) is 1.99.